The number of carbonyl (C=O) groups excluding carboxylic acids is 2. The average molecular weight is 1290 g/mol. The molecule has 0 aliphatic carbocycles. The van der Waals surface area contributed by atoms with E-state index in [1.807, 2.05) is 19.9 Å². The predicted molar refractivity (Wildman–Crippen MR) is 329 cm³/mol. The highest BCUT2D eigenvalue weighted by Crippen LogP contribution is 2.39. The van der Waals surface area contributed by atoms with Crippen molar-refractivity contribution in [3.05, 3.63) is 115 Å². The molecular formula is C65H98N2O24. The highest BCUT2D eigenvalue weighted by molar-refractivity contribution is 5.96. The second-order valence-corrected chi connectivity index (χ2v) is 24.4. The van der Waals surface area contributed by atoms with Gasteiger partial charge in [-0.05, 0) is 82.1 Å². The lowest BCUT2D eigenvalue weighted by Crippen LogP contribution is -2.66. The Bertz CT molecular complexity index is 2580. The molecule has 91 heavy (non-hydrogen) atoms. The Morgan fingerprint density at radius 2 is 1.20 bits per heavy atom. The number of cyclic esters (lactones) is 1. The second kappa shape index (κ2) is 37.8. The van der Waals surface area contributed by atoms with Gasteiger partial charge in [0.15, 0.2) is 24.2 Å². The van der Waals surface area contributed by atoms with Crippen LogP contribution in [0.15, 0.2) is 109 Å². The lowest BCUT2D eigenvalue weighted by atomic mass is 9.82. The number of carboxylic acid groups (broad SMARTS) is 1. The van der Waals surface area contributed by atoms with Crippen LogP contribution >= 0.6 is 0 Å². The lowest BCUT2D eigenvalue weighted by molar-refractivity contribution is -0.345. The molecule has 5 rings (SSSR count). The molecule has 1 aromatic rings. The fourth-order valence-electron chi connectivity index (χ4n) is 11.7. The van der Waals surface area contributed by atoms with E-state index in [4.69, 9.17) is 34.2 Å². The third-order valence-corrected chi connectivity index (χ3v) is 16.6. The quantitative estimate of drug-likeness (QED) is 0.0883. The molecule has 3 saturated heterocycles. The smallest absolute Gasteiger partial charge is 0.311 e. The molecule has 4 aliphatic rings. The number of benzene rings is 1. The fraction of sp³-hybridized carbons (Fsp3) is 0.646. The molecule has 1 aromatic carbocycles. The maximum absolute atomic E-state index is 13.4. The van der Waals surface area contributed by atoms with Crippen LogP contribution in [-0.2, 0) is 38.0 Å². The van der Waals surface area contributed by atoms with Crippen molar-refractivity contribution < 1.29 is 119 Å². The molecule has 4 heterocycles. The van der Waals surface area contributed by atoms with E-state index >= 15 is 0 Å². The number of esters is 1. The van der Waals surface area contributed by atoms with E-state index in [0.29, 0.717) is 12.0 Å². The monoisotopic (exact) mass is 1290 g/mol. The first kappa shape index (κ1) is 76.7. The van der Waals surface area contributed by atoms with E-state index in [-0.39, 0.29) is 49.7 Å². The normalized spacial score (nSPS) is 38.3. The lowest BCUT2D eigenvalue weighted by Gasteiger charge is -2.47. The summed E-state index contributed by atoms with van der Waals surface area (Å²) in [6.45, 7) is 4.44. The molecule has 26 heteroatoms. The van der Waals surface area contributed by atoms with Gasteiger partial charge in [0, 0.05) is 49.9 Å². The number of rotatable bonds is 14. The Kier molecular flexibility index (Phi) is 31.9. The standard InChI is InChI=1S/C65H98N2O24/c1-36-17-15-13-11-9-7-5-6-8-10-12-14-16-18-48(87-63-57(80)55(66)61(38(3)86-63)90-64-59(82)58(81)56(79)52(35-68)88-64)32-51-54(62(83)84)50(77)34-65(85,91-51)33-47(75)29-45(73)27-43(71)25-42(70)26-44(72)28-46(74)31-53(78)89-60(36)37(2)19-24-41(69)30-49(76)39-20-22-40(67-4)23-21-39/h5-18,20-23,36-38,41-48,50-52,54-61,63-64,67-75,77,79-82,85H,19,24-35,66H2,1-4H3,(H,83,84)/t36?,37?,38-,41?,42?,43?,44?,45?,46?,47?,48?,50?,51?,52-,54?,55-,56-,57+,58+,59+,60?,61-,63+,64+,65?/m1/s1. The predicted octanol–water partition coefficient (Wildman–Crippen LogP) is 0.362. The first-order chi connectivity index (χ1) is 43.1. The molecule has 0 spiro atoms. The van der Waals surface area contributed by atoms with E-state index in [1.54, 1.807) is 98.1 Å². The summed E-state index contributed by atoms with van der Waals surface area (Å²) in [6.07, 6.45) is -8.62. The number of nitrogens with one attached hydrogen (secondary N) is 1. The number of aliphatic carboxylic acids is 1. The van der Waals surface area contributed by atoms with Crippen LogP contribution in [0.25, 0.3) is 0 Å². The Hall–Kier alpha value is -4.99. The summed E-state index contributed by atoms with van der Waals surface area (Å²) in [6, 6.07) is 5.54. The molecule has 26 nitrogen and oxygen atoms in total. The number of anilines is 1. The molecule has 0 radical (unpaired) electrons. The highest BCUT2D eigenvalue weighted by atomic mass is 16.7. The van der Waals surface area contributed by atoms with Crippen molar-refractivity contribution in [1.82, 2.24) is 0 Å². The number of aliphatic hydroxyl groups is 14. The molecule has 512 valence electrons. The third-order valence-electron chi connectivity index (χ3n) is 16.6. The van der Waals surface area contributed by atoms with Crippen LogP contribution in [0, 0.1) is 17.8 Å². The number of carboxylic acids is 1. The maximum Gasteiger partial charge on any atom is 0.311 e. The summed E-state index contributed by atoms with van der Waals surface area (Å²) in [5, 5.41) is 165. The number of hydrogen-bond acceptors (Lipinski definition) is 25. The van der Waals surface area contributed by atoms with Crippen molar-refractivity contribution in [2.75, 3.05) is 19.0 Å². The van der Waals surface area contributed by atoms with Crippen molar-refractivity contribution in [2.24, 2.45) is 23.5 Å². The van der Waals surface area contributed by atoms with Gasteiger partial charge in [-0.15, -0.1) is 0 Å². The molecule has 15 unspecified atom stereocenters. The number of aliphatic hydroxyl groups excluding tert-OH is 13. The third kappa shape index (κ3) is 24.7. The summed E-state index contributed by atoms with van der Waals surface area (Å²) in [5.74, 6) is -7.31. The summed E-state index contributed by atoms with van der Waals surface area (Å²) < 4.78 is 35.6. The van der Waals surface area contributed by atoms with Crippen molar-refractivity contribution in [3.63, 3.8) is 0 Å². The van der Waals surface area contributed by atoms with Gasteiger partial charge >= 0.3 is 11.9 Å². The van der Waals surface area contributed by atoms with Gasteiger partial charge in [-0.1, -0.05) is 98.9 Å². The van der Waals surface area contributed by atoms with Gasteiger partial charge in [0.05, 0.1) is 86.2 Å². The topological polar surface area (TPSA) is 448 Å². The molecular weight excluding hydrogens is 1190 g/mol. The minimum absolute atomic E-state index is 0.113. The molecule has 3 fully saturated rings. The van der Waals surface area contributed by atoms with Crippen LogP contribution in [0.2, 0.25) is 0 Å². The molecule has 18 N–H and O–H groups in total. The summed E-state index contributed by atoms with van der Waals surface area (Å²) in [7, 11) is 1.76. The molecule has 2 bridgehead atoms. The summed E-state index contributed by atoms with van der Waals surface area (Å²) in [5.41, 5.74) is 7.76. The first-order valence-electron chi connectivity index (χ1n) is 31.1. The van der Waals surface area contributed by atoms with Crippen LogP contribution in [0.1, 0.15) is 108 Å². The SMILES string of the molecule is CNc1ccc(C(=O)CC(O)CCC(C)C2OC(=O)CC(O)CC(O)CC(O)CC(O)CC(O)CC(O)CC3(O)CC(O)C(C(=O)O)C(CC(O[C@@H]4O[C@H](C)[C@@H](O[C@@H]5O[C@H](CO)[C@@H](O)[C@H](O)[C@@H]5O)[C@H](N)[C@@H]4O)C=CC=CC=CC=CC=CC=CC=CC2C)O3)cc1. The first-order valence-corrected chi connectivity index (χ1v) is 31.1. The zero-order chi connectivity index (χ0) is 67.1. The van der Waals surface area contributed by atoms with E-state index in [1.165, 1.54) is 19.1 Å². The Labute approximate surface area is 530 Å². The number of hydrogen-bond donors (Lipinski definition) is 17. The molecule has 0 amide bonds. The van der Waals surface area contributed by atoms with E-state index in [9.17, 15) is 91.0 Å². The molecule has 0 aromatic heterocycles. The largest absolute Gasteiger partial charge is 0.481 e. The van der Waals surface area contributed by atoms with Crippen LogP contribution in [0.5, 0.6) is 0 Å². The Morgan fingerprint density at radius 1 is 0.670 bits per heavy atom. The van der Waals surface area contributed by atoms with E-state index < -0.39 is 197 Å². The van der Waals surface area contributed by atoms with Crippen molar-refractivity contribution >= 4 is 23.4 Å². The minimum atomic E-state index is -2.41. The fourth-order valence-corrected chi connectivity index (χ4v) is 11.7. The van der Waals surface area contributed by atoms with Gasteiger partial charge in [-0.3, -0.25) is 14.4 Å². The maximum atomic E-state index is 13.4. The van der Waals surface area contributed by atoms with Crippen LogP contribution in [0.3, 0.4) is 0 Å². The summed E-state index contributed by atoms with van der Waals surface area (Å²) >= 11 is 0. The molecule has 4 aliphatic heterocycles. The van der Waals surface area contributed by atoms with Gasteiger partial charge in [0.2, 0.25) is 0 Å². The van der Waals surface area contributed by atoms with Crippen LogP contribution < -0.4 is 11.1 Å². The Balaban J connectivity index is 1.34. The molecule has 25 atom stereocenters. The van der Waals surface area contributed by atoms with Crippen molar-refractivity contribution in [1.29, 1.82) is 0 Å². The zero-order valence-corrected chi connectivity index (χ0v) is 51.9. The van der Waals surface area contributed by atoms with Gasteiger partial charge in [-0.25, -0.2) is 0 Å². The number of allylic oxidation sites excluding steroid dienone is 12. The number of ether oxygens (including phenoxy) is 6. The Morgan fingerprint density at radius 3 is 1.75 bits per heavy atom. The van der Waals surface area contributed by atoms with Crippen molar-refractivity contribution in [3.8, 4) is 0 Å². The summed E-state index contributed by atoms with van der Waals surface area (Å²) in [4.78, 5) is 39.1. The van der Waals surface area contributed by atoms with Crippen LogP contribution in [0.4, 0.5) is 5.69 Å². The average Bonchev–Trinajstić information content (AvgIpc) is 0.850. The second-order valence-electron chi connectivity index (χ2n) is 24.4. The number of nitrogens with two attached hydrogens (primary N) is 1. The van der Waals surface area contributed by atoms with Crippen molar-refractivity contribution in [2.45, 2.75) is 232 Å². The minimum Gasteiger partial charge on any atom is -0.481 e. The number of fused-ring (bicyclic) bond motifs is 2. The number of ketones is 1. The van der Waals surface area contributed by atoms with Gasteiger partial charge in [0.25, 0.3) is 0 Å². The zero-order valence-electron chi connectivity index (χ0n) is 51.9. The van der Waals surface area contributed by atoms with E-state index in [2.05, 4.69) is 5.32 Å². The van der Waals surface area contributed by atoms with Gasteiger partial charge in [0.1, 0.15) is 48.6 Å². The number of carbonyl (C=O) groups is 3. The van der Waals surface area contributed by atoms with Crippen LogP contribution in [-0.4, -0.2) is 242 Å². The number of Topliss-reactive ketones (excluding diaryl/α,β-unsaturated/α-hetero) is 1. The van der Waals surface area contributed by atoms with Gasteiger partial charge < -0.3 is 116 Å². The van der Waals surface area contributed by atoms with Gasteiger partial charge in [-0.2, -0.15) is 0 Å². The molecule has 0 saturated carbocycles. The van der Waals surface area contributed by atoms with E-state index in [0.717, 1.165) is 5.69 Å². The highest BCUT2D eigenvalue weighted by Gasteiger charge is 2.52.